The molecule has 3 aromatic heterocycles. The summed E-state index contributed by atoms with van der Waals surface area (Å²) >= 11 is 0. The number of ether oxygens (including phenoxy) is 1. The fourth-order valence-corrected chi connectivity index (χ4v) is 3.29. The van der Waals surface area contributed by atoms with E-state index in [-0.39, 0.29) is 11.4 Å². The van der Waals surface area contributed by atoms with Crippen molar-refractivity contribution in [1.29, 1.82) is 0 Å². The molecule has 164 valence electrons. The molecule has 0 saturated heterocycles. The van der Waals surface area contributed by atoms with Crippen LogP contribution in [0, 0.1) is 0 Å². The lowest BCUT2D eigenvalue weighted by Crippen LogP contribution is -2.20. The molecule has 1 aromatic carbocycles. The molecule has 0 aliphatic carbocycles. The fraction of sp³-hybridized carbons (Fsp3) is 0.217. The van der Waals surface area contributed by atoms with Gasteiger partial charge in [-0.25, -0.2) is 9.97 Å². The molecule has 0 saturated carbocycles. The summed E-state index contributed by atoms with van der Waals surface area (Å²) in [6.45, 7) is 1.66. The van der Waals surface area contributed by atoms with Crippen LogP contribution in [-0.4, -0.2) is 40.5 Å². The number of nitrogen functional groups attached to an aromatic ring is 1. The molecule has 0 atom stereocenters. The first kappa shape index (κ1) is 21.4. The summed E-state index contributed by atoms with van der Waals surface area (Å²) in [5.74, 6) is 0.646. The first-order chi connectivity index (χ1) is 15.6. The summed E-state index contributed by atoms with van der Waals surface area (Å²) in [6.07, 6.45) is 3.29. The Morgan fingerprint density at radius 3 is 2.66 bits per heavy atom. The number of nitrogens with two attached hydrogens (primary N) is 1. The normalized spacial score (nSPS) is 11.1. The number of methoxy groups -OCH3 is 1. The largest absolute Gasteiger partial charge is 0.383 e. The summed E-state index contributed by atoms with van der Waals surface area (Å²) in [6, 6.07) is 13.0. The van der Waals surface area contributed by atoms with Gasteiger partial charge in [-0.3, -0.25) is 4.79 Å². The quantitative estimate of drug-likeness (QED) is 0.436. The molecule has 0 fully saturated rings. The molecule has 0 aliphatic heterocycles. The Bertz CT molecular complexity index is 1260. The van der Waals surface area contributed by atoms with E-state index in [2.05, 4.69) is 20.4 Å². The maximum atomic E-state index is 12.1. The molecule has 0 amide bonds. The van der Waals surface area contributed by atoms with Gasteiger partial charge in [0.1, 0.15) is 5.69 Å². The Hall–Kier alpha value is -3.82. The van der Waals surface area contributed by atoms with Gasteiger partial charge in [0.05, 0.1) is 18.5 Å². The van der Waals surface area contributed by atoms with Crippen LogP contribution in [0.2, 0.25) is 0 Å². The topological polar surface area (TPSA) is 121 Å². The molecule has 4 aromatic rings. The molecular weight excluding hydrogens is 408 g/mol. The van der Waals surface area contributed by atoms with Crippen molar-refractivity contribution in [2.45, 2.75) is 13.1 Å². The molecule has 3 heterocycles. The summed E-state index contributed by atoms with van der Waals surface area (Å²) in [4.78, 5) is 21.0. The zero-order valence-electron chi connectivity index (χ0n) is 17.9. The summed E-state index contributed by atoms with van der Waals surface area (Å²) in [5, 5.41) is 7.29. The van der Waals surface area contributed by atoms with Crippen LogP contribution in [-0.2, 0) is 17.8 Å². The van der Waals surface area contributed by atoms with Crippen molar-refractivity contribution in [1.82, 2.24) is 25.0 Å². The van der Waals surface area contributed by atoms with Gasteiger partial charge >= 0.3 is 0 Å². The number of hydrogen-bond donors (Lipinski definition) is 2. The van der Waals surface area contributed by atoms with E-state index in [1.54, 1.807) is 36.2 Å². The van der Waals surface area contributed by atoms with E-state index in [0.717, 1.165) is 17.7 Å². The van der Waals surface area contributed by atoms with Crippen LogP contribution in [0.15, 0.2) is 64.2 Å². The predicted octanol–water partition coefficient (Wildman–Crippen LogP) is 2.58. The van der Waals surface area contributed by atoms with Gasteiger partial charge in [-0.1, -0.05) is 29.4 Å². The molecule has 0 spiro atoms. The van der Waals surface area contributed by atoms with Gasteiger partial charge in [-0.05, 0) is 18.7 Å². The molecule has 3 N–H and O–H groups in total. The van der Waals surface area contributed by atoms with E-state index >= 15 is 0 Å². The Kier molecular flexibility index (Phi) is 6.39. The minimum absolute atomic E-state index is 0.116. The lowest BCUT2D eigenvalue weighted by molar-refractivity contribution is 0.186. The molecule has 0 aliphatic rings. The van der Waals surface area contributed by atoms with E-state index in [9.17, 15) is 4.79 Å². The van der Waals surface area contributed by atoms with Crippen molar-refractivity contribution in [3.8, 4) is 34.0 Å². The van der Waals surface area contributed by atoms with E-state index in [4.69, 9.17) is 15.0 Å². The lowest BCUT2D eigenvalue weighted by atomic mass is 10.1. The van der Waals surface area contributed by atoms with Gasteiger partial charge in [-0.15, -0.1) is 0 Å². The Labute approximate surface area is 184 Å². The third kappa shape index (κ3) is 4.58. The number of aromatic nitrogens is 4. The number of nitrogens with one attached hydrogen (secondary N) is 1. The lowest BCUT2D eigenvalue weighted by Gasteiger charge is -2.08. The van der Waals surface area contributed by atoms with Gasteiger partial charge < -0.3 is 24.9 Å². The van der Waals surface area contributed by atoms with Crippen LogP contribution in [0.3, 0.4) is 0 Å². The van der Waals surface area contributed by atoms with Crippen molar-refractivity contribution in [3.63, 3.8) is 0 Å². The van der Waals surface area contributed by atoms with E-state index < -0.39 is 0 Å². The van der Waals surface area contributed by atoms with Crippen molar-refractivity contribution < 1.29 is 9.26 Å². The summed E-state index contributed by atoms with van der Waals surface area (Å²) in [5.41, 5.74) is 10.4. The molecular formula is C23H24N6O3. The van der Waals surface area contributed by atoms with E-state index in [1.165, 1.54) is 11.6 Å². The van der Waals surface area contributed by atoms with Crippen molar-refractivity contribution in [2.24, 2.45) is 0 Å². The van der Waals surface area contributed by atoms with Gasteiger partial charge in [0.2, 0.25) is 0 Å². The molecule has 0 bridgehead atoms. The second-order valence-corrected chi connectivity index (χ2v) is 7.23. The summed E-state index contributed by atoms with van der Waals surface area (Å²) < 4.78 is 12.2. The highest BCUT2D eigenvalue weighted by atomic mass is 16.5. The third-order valence-electron chi connectivity index (χ3n) is 4.99. The highest BCUT2D eigenvalue weighted by molar-refractivity contribution is 5.72. The monoisotopic (exact) mass is 432 g/mol. The van der Waals surface area contributed by atoms with Crippen molar-refractivity contribution in [2.75, 3.05) is 26.5 Å². The fourth-order valence-electron chi connectivity index (χ4n) is 3.29. The number of hydrogen-bond acceptors (Lipinski definition) is 8. The highest BCUT2D eigenvalue weighted by Gasteiger charge is 2.16. The maximum absolute atomic E-state index is 12.1. The van der Waals surface area contributed by atoms with Gasteiger partial charge in [0, 0.05) is 49.7 Å². The zero-order chi connectivity index (χ0) is 22.5. The van der Waals surface area contributed by atoms with Crippen molar-refractivity contribution >= 4 is 5.82 Å². The SMILES string of the molecule is CNCc1ccc(-c2cc(-c3nc(-c4ccc(=O)n(CCOC)c4)cnc3N)on2)cc1. The molecule has 9 heteroatoms. The average molecular weight is 432 g/mol. The van der Waals surface area contributed by atoms with Crippen LogP contribution in [0.4, 0.5) is 5.82 Å². The van der Waals surface area contributed by atoms with Crippen LogP contribution in [0.25, 0.3) is 34.0 Å². The minimum Gasteiger partial charge on any atom is -0.383 e. The van der Waals surface area contributed by atoms with Gasteiger partial charge in [0.25, 0.3) is 5.56 Å². The first-order valence-electron chi connectivity index (χ1n) is 10.1. The van der Waals surface area contributed by atoms with Gasteiger partial charge in [-0.2, -0.15) is 0 Å². The van der Waals surface area contributed by atoms with E-state index in [0.29, 0.717) is 36.0 Å². The Morgan fingerprint density at radius 2 is 1.91 bits per heavy atom. The molecule has 0 radical (unpaired) electrons. The van der Waals surface area contributed by atoms with Crippen LogP contribution in [0.1, 0.15) is 5.56 Å². The van der Waals surface area contributed by atoms with Crippen LogP contribution >= 0.6 is 0 Å². The Balaban J connectivity index is 1.65. The predicted molar refractivity (Wildman–Crippen MR) is 122 cm³/mol. The molecule has 0 unspecified atom stereocenters. The smallest absolute Gasteiger partial charge is 0.250 e. The standard InChI is InChI=1S/C23H24N6O3/c1-25-12-15-3-5-16(6-4-15)18-11-20(32-28-18)22-23(24)26-13-19(27-22)17-7-8-21(30)29(14-17)9-10-31-2/h3-8,11,13-14,25H,9-10,12H2,1-2H3,(H2,24,26). The maximum Gasteiger partial charge on any atom is 0.250 e. The number of anilines is 1. The number of benzene rings is 1. The number of rotatable bonds is 8. The first-order valence-corrected chi connectivity index (χ1v) is 10.1. The molecule has 9 nitrogen and oxygen atoms in total. The van der Waals surface area contributed by atoms with Crippen molar-refractivity contribution in [3.05, 3.63) is 70.8 Å². The third-order valence-corrected chi connectivity index (χ3v) is 4.99. The zero-order valence-corrected chi connectivity index (χ0v) is 17.9. The van der Waals surface area contributed by atoms with Crippen LogP contribution in [0.5, 0.6) is 0 Å². The Morgan fingerprint density at radius 1 is 1.12 bits per heavy atom. The van der Waals surface area contributed by atoms with E-state index in [1.807, 2.05) is 31.3 Å². The number of pyridine rings is 1. The number of nitrogens with zero attached hydrogens (tertiary/aromatic N) is 4. The minimum atomic E-state index is -0.116. The molecule has 4 rings (SSSR count). The highest BCUT2D eigenvalue weighted by Crippen LogP contribution is 2.29. The molecule has 32 heavy (non-hydrogen) atoms. The van der Waals surface area contributed by atoms with Crippen LogP contribution < -0.4 is 16.6 Å². The average Bonchev–Trinajstić information content (AvgIpc) is 3.30. The second-order valence-electron chi connectivity index (χ2n) is 7.23. The summed E-state index contributed by atoms with van der Waals surface area (Å²) in [7, 11) is 3.50. The second kappa shape index (κ2) is 9.54. The van der Waals surface area contributed by atoms with Gasteiger partial charge in [0.15, 0.2) is 17.3 Å².